The number of anilines is 1. The highest BCUT2D eigenvalue weighted by Crippen LogP contribution is 2.25. The fraction of sp³-hybridized carbons (Fsp3) is 0.571. The largest absolute Gasteiger partial charge is 0.369 e. The fourth-order valence-electron chi connectivity index (χ4n) is 2.56. The molecule has 3 nitrogen and oxygen atoms in total. The monoisotopic (exact) mass is 311 g/mol. The van der Waals surface area contributed by atoms with E-state index in [1.165, 1.54) is 17.7 Å². The lowest BCUT2D eigenvalue weighted by molar-refractivity contribution is 0.213. The van der Waals surface area contributed by atoms with Crippen LogP contribution in [0.1, 0.15) is 18.9 Å². The summed E-state index contributed by atoms with van der Waals surface area (Å²) in [4.78, 5) is 4.93. The van der Waals surface area contributed by atoms with E-state index in [4.69, 9.17) is 5.73 Å². The Bertz CT molecular complexity index is 408. The molecule has 100 valence electrons. The van der Waals surface area contributed by atoms with Crippen molar-refractivity contribution in [3.05, 3.63) is 28.2 Å². The Hall–Kier alpha value is -0.580. The van der Waals surface area contributed by atoms with Gasteiger partial charge in [-0.3, -0.25) is 4.90 Å². The normalized spacial score (nSPS) is 21.3. The van der Waals surface area contributed by atoms with Crippen molar-refractivity contribution in [1.82, 2.24) is 4.90 Å². The lowest BCUT2D eigenvalue weighted by atomic mass is 10.1. The molecule has 1 saturated heterocycles. The molecular formula is C14H22BrN3. The van der Waals surface area contributed by atoms with Crippen LogP contribution in [0.15, 0.2) is 22.7 Å². The number of rotatable bonds is 3. The minimum absolute atomic E-state index is 0.595. The van der Waals surface area contributed by atoms with Crippen molar-refractivity contribution in [3.8, 4) is 0 Å². The highest BCUT2D eigenvalue weighted by atomic mass is 79.9. The van der Waals surface area contributed by atoms with Crippen LogP contribution in [0.25, 0.3) is 0 Å². The van der Waals surface area contributed by atoms with Gasteiger partial charge in [-0.1, -0.05) is 22.9 Å². The molecule has 1 fully saturated rings. The topological polar surface area (TPSA) is 32.5 Å². The summed E-state index contributed by atoms with van der Waals surface area (Å²) < 4.78 is 1.12. The van der Waals surface area contributed by atoms with Crippen LogP contribution in [0.5, 0.6) is 0 Å². The summed E-state index contributed by atoms with van der Waals surface area (Å²) in [5.41, 5.74) is 8.22. The maximum atomic E-state index is 5.75. The molecule has 18 heavy (non-hydrogen) atoms. The van der Waals surface area contributed by atoms with Gasteiger partial charge in [-0.15, -0.1) is 0 Å². The first kappa shape index (κ1) is 13.8. The van der Waals surface area contributed by atoms with Crippen LogP contribution in [-0.4, -0.2) is 37.6 Å². The molecule has 1 heterocycles. The Morgan fingerprint density at radius 1 is 1.33 bits per heavy atom. The maximum Gasteiger partial charge on any atom is 0.0381 e. The Morgan fingerprint density at radius 2 is 2.11 bits per heavy atom. The zero-order chi connectivity index (χ0) is 13.1. The molecular weight excluding hydrogens is 290 g/mol. The van der Waals surface area contributed by atoms with Gasteiger partial charge < -0.3 is 10.6 Å². The summed E-state index contributed by atoms with van der Waals surface area (Å²) in [7, 11) is 2.22. The summed E-state index contributed by atoms with van der Waals surface area (Å²) in [6, 6.07) is 7.15. The lowest BCUT2D eigenvalue weighted by Gasteiger charge is -2.40. The second kappa shape index (κ2) is 6.04. The van der Waals surface area contributed by atoms with Gasteiger partial charge in [0.15, 0.2) is 0 Å². The molecule has 1 aliphatic heterocycles. The van der Waals surface area contributed by atoms with Gasteiger partial charge in [0.2, 0.25) is 0 Å². The minimum atomic E-state index is 0.595. The van der Waals surface area contributed by atoms with Crippen LogP contribution in [0.4, 0.5) is 5.69 Å². The molecule has 0 aliphatic carbocycles. The van der Waals surface area contributed by atoms with Crippen molar-refractivity contribution in [2.75, 3.05) is 31.6 Å². The summed E-state index contributed by atoms with van der Waals surface area (Å²) in [5, 5.41) is 0. The Balaban J connectivity index is 2.18. The van der Waals surface area contributed by atoms with E-state index in [0.717, 1.165) is 24.1 Å². The van der Waals surface area contributed by atoms with Gasteiger partial charge >= 0.3 is 0 Å². The van der Waals surface area contributed by atoms with E-state index in [-0.39, 0.29) is 0 Å². The molecule has 0 amide bonds. The standard InChI is InChI=1S/C14H22BrN3/c1-3-13-10-18(5-4-17(13)2)14-7-11(9-16)6-12(15)8-14/h6-8,13H,3-5,9-10,16H2,1-2H3. The quantitative estimate of drug-likeness (QED) is 0.930. The number of piperazine rings is 1. The van der Waals surface area contributed by atoms with Crippen LogP contribution in [0, 0.1) is 0 Å². The van der Waals surface area contributed by atoms with Crippen molar-refractivity contribution < 1.29 is 0 Å². The van der Waals surface area contributed by atoms with Crippen molar-refractivity contribution in [2.45, 2.75) is 25.9 Å². The highest BCUT2D eigenvalue weighted by molar-refractivity contribution is 9.10. The minimum Gasteiger partial charge on any atom is -0.369 e. The first-order chi connectivity index (χ1) is 8.63. The van der Waals surface area contributed by atoms with Crippen LogP contribution >= 0.6 is 15.9 Å². The van der Waals surface area contributed by atoms with E-state index in [1.54, 1.807) is 0 Å². The van der Waals surface area contributed by atoms with Crippen LogP contribution in [-0.2, 0) is 6.54 Å². The summed E-state index contributed by atoms with van der Waals surface area (Å²) in [6.07, 6.45) is 1.20. The number of nitrogens with two attached hydrogens (primary N) is 1. The number of halogens is 1. The maximum absolute atomic E-state index is 5.75. The Kier molecular flexibility index (Phi) is 4.65. The summed E-state index contributed by atoms with van der Waals surface area (Å²) in [5.74, 6) is 0. The molecule has 0 aromatic heterocycles. The van der Waals surface area contributed by atoms with Crippen LogP contribution < -0.4 is 10.6 Å². The number of hydrogen-bond donors (Lipinski definition) is 1. The zero-order valence-electron chi connectivity index (χ0n) is 11.2. The van der Waals surface area contributed by atoms with Gasteiger partial charge in [-0.05, 0) is 37.2 Å². The predicted octanol–water partition coefficient (Wildman–Crippen LogP) is 2.44. The van der Waals surface area contributed by atoms with Crippen molar-refractivity contribution in [3.63, 3.8) is 0 Å². The summed E-state index contributed by atoms with van der Waals surface area (Å²) in [6.45, 7) is 6.18. The second-order valence-electron chi connectivity index (χ2n) is 5.01. The van der Waals surface area contributed by atoms with Crippen LogP contribution in [0.3, 0.4) is 0 Å². The molecule has 1 aliphatic rings. The zero-order valence-corrected chi connectivity index (χ0v) is 12.8. The number of hydrogen-bond acceptors (Lipinski definition) is 3. The third kappa shape index (κ3) is 3.05. The molecule has 0 spiro atoms. The molecule has 1 atom stereocenters. The predicted molar refractivity (Wildman–Crippen MR) is 81.0 cm³/mol. The molecule has 1 aromatic rings. The van der Waals surface area contributed by atoms with E-state index in [0.29, 0.717) is 12.6 Å². The van der Waals surface area contributed by atoms with Gasteiger partial charge in [0.25, 0.3) is 0 Å². The molecule has 1 aromatic carbocycles. The van der Waals surface area contributed by atoms with Crippen molar-refractivity contribution in [1.29, 1.82) is 0 Å². The lowest BCUT2D eigenvalue weighted by Crippen LogP contribution is -2.51. The third-order valence-corrected chi connectivity index (χ3v) is 4.25. The first-order valence-corrected chi connectivity index (χ1v) is 7.38. The fourth-order valence-corrected chi connectivity index (χ4v) is 3.08. The van der Waals surface area contributed by atoms with Crippen molar-refractivity contribution in [2.24, 2.45) is 5.73 Å². The van der Waals surface area contributed by atoms with E-state index >= 15 is 0 Å². The van der Waals surface area contributed by atoms with Crippen LogP contribution in [0.2, 0.25) is 0 Å². The molecule has 2 rings (SSSR count). The highest BCUT2D eigenvalue weighted by Gasteiger charge is 2.23. The van der Waals surface area contributed by atoms with E-state index in [1.807, 2.05) is 0 Å². The molecule has 0 radical (unpaired) electrons. The molecule has 0 saturated carbocycles. The van der Waals surface area contributed by atoms with Crippen molar-refractivity contribution >= 4 is 21.6 Å². The van der Waals surface area contributed by atoms with Gasteiger partial charge in [0.1, 0.15) is 0 Å². The Morgan fingerprint density at radius 3 is 2.78 bits per heavy atom. The van der Waals surface area contributed by atoms with Gasteiger partial charge in [-0.25, -0.2) is 0 Å². The van der Waals surface area contributed by atoms with E-state index < -0.39 is 0 Å². The SMILES string of the molecule is CCC1CN(c2cc(Br)cc(CN)c2)CCN1C. The molecule has 2 N–H and O–H groups in total. The molecule has 4 heteroatoms. The van der Waals surface area contributed by atoms with Gasteiger partial charge in [0.05, 0.1) is 0 Å². The first-order valence-electron chi connectivity index (χ1n) is 6.58. The average molecular weight is 312 g/mol. The summed E-state index contributed by atoms with van der Waals surface area (Å²) >= 11 is 3.57. The van der Waals surface area contributed by atoms with E-state index in [2.05, 4.69) is 57.9 Å². The number of likely N-dealkylation sites (N-methyl/N-ethyl adjacent to an activating group) is 1. The Labute approximate surface area is 118 Å². The van der Waals surface area contributed by atoms with Gasteiger partial charge in [0, 0.05) is 42.4 Å². The molecule has 1 unspecified atom stereocenters. The number of nitrogens with zero attached hydrogens (tertiary/aromatic N) is 2. The third-order valence-electron chi connectivity index (χ3n) is 3.79. The van der Waals surface area contributed by atoms with E-state index in [9.17, 15) is 0 Å². The average Bonchev–Trinajstić information content (AvgIpc) is 2.38. The smallest absolute Gasteiger partial charge is 0.0381 e. The second-order valence-corrected chi connectivity index (χ2v) is 5.93. The number of benzene rings is 1. The molecule has 0 bridgehead atoms. The van der Waals surface area contributed by atoms with Gasteiger partial charge in [-0.2, -0.15) is 0 Å².